The van der Waals surface area contributed by atoms with Crippen molar-refractivity contribution in [2.75, 3.05) is 0 Å². The maximum Gasteiger partial charge on any atom is 0.391 e. The van der Waals surface area contributed by atoms with Crippen LogP contribution in [-0.2, 0) is 4.74 Å². The summed E-state index contributed by atoms with van der Waals surface area (Å²) < 4.78 is 63.9. The van der Waals surface area contributed by atoms with Crippen molar-refractivity contribution < 1.29 is 26.7 Å². The highest BCUT2D eigenvalue weighted by molar-refractivity contribution is 6.47. The fourth-order valence-electron chi connectivity index (χ4n) is 0.420. The summed E-state index contributed by atoms with van der Waals surface area (Å²) in [6.45, 7) is 1.10. The van der Waals surface area contributed by atoms with Gasteiger partial charge < -0.3 is 0 Å². The first-order chi connectivity index (χ1) is 6.21. The standard InChI is InChI=1S/C7H9Cl2F5O/c1-4(2,10)7(13,14)15-5(3,11)6(8,9)12/h1-3H3. The summed E-state index contributed by atoms with van der Waals surface area (Å²) in [6.07, 6.45) is -4.57. The van der Waals surface area contributed by atoms with Gasteiger partial charge in [-0.25, -0.2) is 13.2 Å². The van der Waals surface area contributed by atoms with Crippen LogP contribution in [-0.4, -0.2) is 22.2 Å². The molecule has 0 aromatic carbocycles. The molecule has 0 amide bonds. The predicted molar refractivity (Wildman–Crippen MR) is 46.3 cm³/mol. The summed E-state index contributed by atoms with van der Waals surface area (Å²) in [7, 11) is 0. The zero-order valence-corrected chi connectivity index (χ0v) is 9.57. The van der Waals surface area contributed by atoms with Gasteiger partial charge in [0.05, 0.1) is 0 Å². The Labute approximate surface area is 93.5 Å². The minimum atomic E-state index is -4.57. The van der Waals surface area contributed by atoms with E-state index >= 15 is 0 Å². The Morgan fingerprint density at radius 3 is 1.40 bits per heavy atom. The number of rotatable bonds is 4. The molecule has 0 bridgehead atoms. The Balaban J connectivity index is 4.89. The number of halogens is 7. The number of hydrogen-bond donors (Lipinski definition) is 0. The second-order valence-corrected chi connectivity index (χ2v) is 4.74. The van der Waals surface area contributed by atoms with Crippen LogP contribution in [0.15, 0.2) is 0 Å². The zero-order valence-electron chi connectivity index (χ0n) is 8.05. The molecule has 0 spiro atoms. The molecule has 0 saturated heterocycles. The van der Waals surface area contributed by atoms with E-state index in [-0.39, 0.29) is 6.92 Å². The maximum atomic E-state index is 13.1. The largest absolute Gasteiger partial charge is 0.391 e. The third-order valence-electron chi connectivity index (χ3n) is 1.52. The van der Waals surface area contributed by atoms with E-state index in [0.29, 0.717) is 13.8 Å². The average Bonchev–Trinajstić information content (AvgIpc) is 1.77. The molecule has 1 nitrogen and oxygen atoms in total. The van der Waals surface area contributed by atoms with E-state index in [0.717, 1.165) is 0 Å². The third kappa shape index (κ3) is 3.60. The highest BCUT2D eigenvalue weighted by Gasteiger charge is 2.60. The normalized spacial score (nSPS) is 18.8. The maximum absolute atomic E-state index is 13.1. The van der Waals surface area contributed by atoms with Gasteiger partial charge in [0.2, 0.25) is 0 Å². The molecule has 1 atom stereocenters. The summed E-state index contributed by atoms with van der Waals surface area (Å²) >= 11 is 9.25. The second kappa shape index (κ2) is 3.89. The van der Waals surface area contributed by atoms with Crippen LogP contribution in [0.5, 0.6) is 0 Å². The molecular formula is C7H9Cl2F5O. The average molecular weight is 275 g/mol. The van der Waals surface area contributed by atoms with Gasteiger partial charge in [-0.3, -0.25) is 4.74 Å². The lowest BCUT2D eigenvalue weighted by atomic mass is 10.1. The minimum absolute atomic E-state index is 0.229. The second-order valence-electron chi connectivity index (χ2n) is 3.51. The molecule has 0 heterocycles. The van der Waals surface area contributed by atoms with Crippen LogP contribution in [0.1, 0.15) is 20.8 Å². The lowest BCUT2D eigenvalue weighted by Crippen LogP contribution is -2.51. The van der Waals surface area contributed by atoms with Crippen molar-refractivity contribution in [3.8, 4) is 0 Å². The van der Waals surface area contributed by atoms with Crippen LogP contribution in [0.2, 0.25) is 0 Å². The van der Waals surface area contributed by atoms with E-state index in [1.807, 2.05) is 0 Å². The van der Waals surface area contributed by atoms with E-state index in [9.17, 15) is 22.0 Å². The Bertz CT molecular complexity index is 207. The lowest BCUT2D eigenvalue weighted by molar-refractivity contribution is -0.376. The molecule has 0 aromatic heterocycles. The van der Waals surface area contributed by atoms with Crippen LogP contribution in [0.4, 0.5) is 22.0 Å². The molecule has 0 radical (unpaired) electrons. The summed E-state index contributed by atoms with van der Waals surface area (Å²) in [4.78, 5) is 0. The van der Waals surface area contributed by atoms with Gasteiger partial charge in [-0.15, -0.1) is 0 Å². The zero-order chi connectivity index (χ0) is 12.7. The van der Waals surface area contributed by atoms with Gasteiger partial charge in [0.15, 0.2) is 5.67 Å². The summed E-state index contributed by atoms with van der Waals surface area (Å²) in [6, 6.07) is 0. The van der Waals surface area contributed by atoms with Crippen molar-refractivity contribution in [1.82, 2.24) is 0 Å². The fourth-order valence-corrected chi connectivity index (χ4v) is 0.497. The van der Waals surface area contributed by atoms with E-state index in [1.54, 1.807) is 0 Å². The van der Waals surface area contributed by atoms with Gasteiger partial charge in [0, 0.05) is 6.92 Å². The molecule has 0 aliphatic rings. The van der Waals surface area contributed by atoms with Crippen LogP contribution in [0, 0.1) is 0 Å². The fraction of sp³-hybridized carbons (Fsp3) is 1.00. The summed E-state index contributed by atoms with van der Waals surface area (Å²) in [5.41, 5.74) is -3.21. The number of alkyl halides is 7. The van der Waals surface area contributed by atoms with E-state index < -0.39 is 22.2 Å². The summed E-state index contributed by atoms with van der Waals surface area (Å²) in [5, 5.41) is 0. The Morgan fingerprint density at radius 2 is 1.20 bits per heavy atom. The van der Waals surface area contributed by atoms with Gasteiger partial charge in [0.25, 0.3) is 5.85 Å². The van der Waals surface area contributed by atoms with E-state index in [4.69, 9.17) is 0 Å². The highest BCUT2D eigenvalue weighted by Crippen LogP contribution is 2.45. The van der Waals surface area contributed by atoms with Crippen LogP contribution in [0.25, 0.3) is 0 Å². The first kappa shape index (κ1) is 15.2. The summed E-state index contributed by atoms with van der Waals surface area (Å²) in [5.74, 6) is -3.75. The van der Waals surface area contributed by atoms with Crippen LogP contribution in [0.3, 0.4) is 0 Å². The molecule has 0 saturated carbocycles. The van der Waals surface area contributed by atoms with E-state index in [1.165, 1.54) is 0 Å². The topological polar surface area (TPSA) is 9.23 Å². The van der Waals surface area contributed by atoms with Gasteiger partial charge >= 0.3 is 10.7 Å². The first-order valence-corrected chi connectivity index (χ1v) is 4.49. The molecule has 15 heavy (non-hydrogen) atoms. The Hall–Kier alpha value is 0.190. The van der Waals surface area contributed by atoms with Gasteiger partial charge in [0.1, 0.15) is 0 Å². The van der Waals surface area contributed by atoms with Crippen LogP contribution < -0.4 is 0 Å². The van der Waals surface area contributed by atoms with Crippen molar-refractivity contribution >= 4 is 23.2 Å². The molecule has 0 rings (SSSR count). The quantitative estimate of drug-likeness (QED) is 0.553. The van der Waals surface area contributed by atoms with Gasteiger partial charge in [-0.2, -0.15) is 8.78 Å². The van der Waals surface area contributed by atoms with Crippen LogP contribution >= 0.6 is 23.2 Å². The van der Waals surface area contributed by atoms with Crippen molar-refractivity contribution in [1.29, 1.82) is 0 Å². The third-order valence-corrected chi connectivity index (χ3v) is 2.19. The monoisotopic (exact) mass is 274 g/mol. The van der Waals surface area contributed by atoms with Gasteiger partial charge in [-0.05, 0) is 13.8 Å². The van der Waals surface area contributed by atoms with Crippen molar-refractivity contribution in [2.45, 2.75) is 43.0 Å². The van der Waals surface area contributed by atoms with Crippen molar-refractivity contribution in [3.63, 3.8) is 0 Å². The lowest BCUT2D eigenvalue weighted by Gasteiger charge is -2.34. The van der Waals surface area contributed by atoms with Crippen molar-refractivity contribution in [3.05, 3.63) is 0 Å². The van der Waals surface area contributed by atoms with E-state index in [2.05, 4.69) is 27.9 Å². The molecule has 0 N–H and O–H groups in total. The first-order valence-electron chi connectivity index (χ1n) is 3.73. The minimum Gasteiger partial charge on any atom is -0.275 e. The van der Waals surface area contributed by atoms with Gasteiger partial charge in [-0.1, -0.05) is 23.2 Å². The Morgan fingerprint density at radius 1 is 0.867 bits per heavy atom. The smallest absolute Gasteiger partial charge is 0.275 e. The molecule has 8 heteroatoms. The SMILES string of the molecule is CC(C)(F)C(F)(F)OC(C)(F)C(F)(Cl)Cl. The molecule has 0 fully saturated rings. The molecule has 92 valence electrons. The predicted octanol–water partition coefficient (Wildman–Crippen LogP) is 4.13. The molecule has 0 aliphatic carbocycles. The highest BCUT2D eigenvalue weighted by atomic mass is 35.5. The molecular weight excluding hydrogens is 266 g/mol. The number of hydrogen-bond acceptors (Lipinski definition) is 1. The Kier molecular flexibility index (Phi) is 3.94. The molecule has 0 aliphatic heterocycles. The molecule has 0 aromatic rings. The van der Waals surface area contributed by atoms with Crippen molar-refractivity contribution in [2.24, 2.45) is 0 Å². The number of ether oxygens (including phenoxy) is 1. The molecule has 1 unspecified atom stereocenters.